The molecular weight excluding hydrogens is 236 g/mol. The molecule has 1 aromatic heterocycles. The van der Waals surface area contributed by atoms with Gasteiger partial charge in [-0.2, -0.15) is 0 Å². The van der Waals surface area contributed by atoms with Crippen LogP contribution in [0.2, 0.25) is 0 Å². The summed E-state index contributed by atoms with van der Waals surface area (Å²) in [7, 11) is 5.28. The van der Waals surface area contributed by atoms with Gasteiger partial charge in [-0.05, 0) is 6.42 Å². The van der Waals surface area contributed by atoms with E-state index >= 15 is 0 Å². The van der Waals surface area contributed by atoms with Crippen molar-refractivity contribution in [3.8, 4) is 0 Å². The van der Waals surface area contributed by atoms with Crippen molar-refractivity contribution >= 4 is 6.01 Å². The molecule has 1 N–H and O–H groups in total. The molecule has 0 atom stereocenters. The summed E-state index contributed by atoms with van der Waals surface area (Å²) < 4.78 is 15.4. The van der Waals surface area contributed by atoms with E-state index in [1.54, 1.807) is 14.2 Å². The van der Waals surface area contributed by atoms with Crippen LogP contribution >= 0.6 is 0 Å². The lowest BCUT2D eigenvalue weighted by molar-refractivity contribution is 0.196. The Balaban J connectivity index is 2.28. The van der Waals surface area contributed by atoms with E-state index in [0.717, 1.165) is 26.1 Å². The predicted octanol–water partition coefficient (Wildman–Crippen LogP) is 0.278. The lowest BCUT2D eigenvalue weighted by Crippen LogP contribution is -2.20. The van der Waals surface area contributed by atoms with Crippen LogP contribution in [0.3, 0.4) is 0 Å². The summed E-state index contributed by atoms with van der Waals surface area (Å²) in [5, 5.41) is 11.1. The number of aromatic nitrogens is 2. The fourth-order valence-electron chi connectivity index (χ4n) is 1.38. The Morgan fingerprint density at radius 1 is 1.22 bits per heavy atom. The number of nitrogens with one attached hydrogen (secondary N) is 1. The summed E-state index contributed by atoms with van der Waals surface area (Å²) in [5.74, 6) is 0.583. The lowest BCUT2D eigenvalue weighted by Gasteiger charge is -2.12. The van der Waals surface area contributed by atoms with Crippen LogP contribution in [-0.2, 0) is 16.0 Å². The van der Waals surface area contributed by atoms with Crippen molar-refractivity contribution < 1.29 is 13.9 Å². The van der Waals surface area contributed by atoms with Crippen LogP contribution in [0.15, 0.2) is 4.42 Å². The molecule has 0 radical (unpaired) electrons. The van der Waals surface area contributed by atoms with Gasteiger partial charge in [-0.15, -0.1) is 5.10 Å². The molecule has 0 amide bonds. The number of hydrogen-bond donors (Lipinski definition) is 1. The Hall–Kier alpha value is -1.18. The minimum absolute atomic E-state index is 0.537. The summed E-state index contributed by atoms with van der Waals surface area (Å²) in [4.78, 5) is 1.92. The second-order valence-electron chi connectivity index (χ2n) is 3.92. The highest BCUT2D eigenvalue weighted by molar-refractivity contribution is 5.21. The fraction of sp³-hybridized carbons (Fsp3) is 0.818. The van der Waals surface area contributed by atoms with Gasteiger partial charge in [0.05, 0.1) is 13.2 Å². The summed E-state index contributed by atoms with van der Waals surface area (Å²) in [5.41, 5.74) is 0. The van der Waals surface area contributed by atoms with E-state index in [-0.39, 0.29) is 0 Å². The first-order valence-electron chi connectivity index (χ1n) is 6.00. The third kappa shape index (κ3) is 5.44. The van der Waals surface area contributed by atoms with Crippen molar-refractivity contribution in [3.05, 3.63) is 5.89 Å². The largest absolute Gasteiger partial charge is 0.407 e. The molecule has 1 aromatic rings. The maximum Gasteiger partial charge on any atom is 0.317 e. The van der Waals surface area contributed by atoms with E-state index in [1.807, 2.05) is 11.9 Å². The molecule has 0 fully saturated rings. The molecular formula is C11H22N4O3. The summed E-state index contributed by atoms with van der Waals surface area (Å²) in [6, 6.07) is 0.537. The molecule has 0 aliphatic rings. The molecule has 7 nitrogen and oxygen atoms in total. The molecule has 104 valence electrons. The van der Waals surface area contributed by atoms with Crippen molar-refractivity contribution in [2.75, 3.05) is 52.5 Å². The van der Waals surface area contributed by atoms with Crippen LogP contribution in [0.4, 0.5) is 6.01 Å². The van der Waals surface area contributed by atoms with Gasteiger partial charge in [-0.1, -0.05) is 5.10 Å². The number of rotatable bonds is 10. The van der Waals surface area contributed by atoms with E-state index in [9.17, 15) is 0 Å². The minimum atomic E-state index is 0.537. The van der Waals surface area contributed by atoms with Gasteiger partial charge in [-0.25, -0.2) is 0 Å². The fourth-order valence-corrected chi connectivity index (χ4v) is 1.38. The topological polar surface area (TPSA) is 72.7 Å². The van der Waals surface area contributed by atoms with E-state index in [2.05, 4.69) is 15.5 Å². The third-order valence-electron chi connectivity index (χ3n) is 2.38. The normalized spacial score (nSPS) is 10.8. The Kier molecular flexibility index (Phi) is 7.31. The zero-order valence-electron chi connectivity index (χ0n) is 11.3. The predicted molar refractivity (Wildman–Crippen MR) is 67.6 cm³/mol. The SMILES string of the molecule is COCCCN(C)c1nnc(CNCCOC)o1. The van der Waals surface area contributed by atoms with Crippen LogP contribution < -0.4 is 10.2 Å². The lowest BCUT2D eigenvalue weighted by atomic mass is 10.4. The molecule has 0 aliphatic carbocycles. The molecule has 7 heteroatoms. The quantitative estimate of drug-likeness (QED) is 0.604. The van der Waals surface area contributed by atoms with Gasteiger partial charge in [0.1, 0.15) is 0 Å². The number of ether oxygens (including phenoxy) is 2. The molecule has 0 bridgehead atoms. The van der Waals surface area contributed by atoms with Gasteiger partial charge in [0.2, 0.25) is 5.89 Å². The van der Waals surface area contributed by atoms with Gasteiger partial charge in [0.15, 0.2) is 0 Å². The molecule has 0 saturated heterocycles. The van der Waals surface area contributed by atoms with Crippen LogP contribution in [0.1, 0.15) is 12.3 Å². The molecule has 1 heterocycles. The standard InChI is InChI=1S/C11H22N4O3/c1-15(6-4-7-16-2)11-14-13-10(18-11)9-12-5-8-17-3/h12H,4-9H2,1-3H3. The maximum absolute atomic E-state index is 5.52. The second kappa shape index (κ2) is 8.84. The Morgan fingerprint density at radius 3 is 2.72 bits per heavy atom. The maximum atomic E-state index is 5.52. The first-order valence-corrected chi connectivity index (χ1v) is 6.00. The second-order valence-corrected chi connectivity index (χ2v) is 3.92. The average Bonchev–Trinajstić information content (AvgIpc) is 2.84. The van der Waals surface area contributed by atoms with Gasteiger partial charge >= 0.3 is 6.01 Å². The molecule has 1 rings (SSSR count). The Morgan fingerprint density at radius 2 is 2.00 bits per heavy atom. The van der Waals surface area contributed by atoms with Crippen molar-refractivity contribution in [2.24, 2.45) is 0 Å². The van der Waals surface area contributed by atoms with E-state index in [1.165, 1.54) is 0 Å². The zero-order valence-corrected chi connectivity index (χ0v) is 11.3. The highest BCUT2D eigenvalue weighted by atomic mass is 16.5. The first-order chi connectivity index (χ1) is 8.77. The number of nitrogens with zero attached hydrogens (tertiary/aromatic N) is 3. The Labute approximate surface area is 107 Å². The molecule has 0 unspecified atom stereocenters. The molecule has 0 aliphatic heterocycles. The summed E-state index contributed by atoms with van der Waals surface area (Å²) in [6.07, 6.45) is 0.927. The van der Waals surface area contributed by atoms with Gasteiger partial charge in [0.25, 0.3) is 0 Å². The van der Waals surface area contributed by atoms with Crippen LogP contribution in [0.25, 0.3) is 0 Å². The van der Waals surface area contributed by atoms with E-state index in [0.29, 0.717) is 25.1 Å². The zero-order chi connectivity index (χ0) is 13.2. The highest BCUT2D eigenvalue weighted by Crippen LogP contribution is 2.10. The van der Waals surface area contributed by atoms with Gasteiger partial charge < -0.3 is 24.1 Å². The summed E-state index contributed by atoms with van der Waals surface area (Å²) >= 11 is 0. The van der Waals surface area contributed by atoms with Crippen molar-refractivity contribution in [1.29, 1.82) is 0 Å². The summed E-state index contributed by atoms with van der Waals surface area (Å²) in [6.45, 7) is 3.54. The van der Waals surface area contributed by atoms with E-state index in [4.69, 9.17) is 13.9 Å². The van der Waals surface area contributed by atoms with Crippen molar-refractivity contribution in [2.45, 2.75) is 13.0 Å². The van der Waals surface area contributed by atoms with Crippen LogP contribution in [0, 0.1) is 0 Å². The van der Waals surface area contributed by atoms with Gasteiger partial charge in [0, 0.05) is 41.0 Å². The van der Waals surface area contributed by atoms with Crippen LogP contribution in [0.5, 0.6) is 0 Å². The molecule has 0 aromatic carbocycles. The number of anilines is 1. The molecule has 0 spiro atoms. The van der Waals surface area contributed by atoms with E-state index < -0.39 is 0 Å². The molecule has 0 saturated carbocycles. The first kappa shape index (κ1) is 14.9. The number of methoxy groups -OCH3 is 2. The number of hydrogen-bond acceptors (Lipinski definition) is 7. The Bertz CT molecular complexity index is 319. The average molecular weight is 258 g/mol. The minimum Gasteiger partial charge on any atom is -0.407 e. The van der Waals surface area contributed by atoms with Gasteiger partial charge in [-0.3, -0.25) is 0 Å². The highest BCUT2D eigenvalue weighted by Gasteiger charge is 2.09. The van der Waals surface area contributed by atoms with Crippen molar-refractivity contribution in [3.63, 3.8) is 0 Å². The monoisotopic (exact) mass is 258 g/mol. The van der Waals surface area contributed by atoms with Crippen LogP contribution in [-0.4, -0.2) is 57.8 Å². The smallest absolute Gasteiger partial charge is 0.317 e. The van der Waals surface area contributed by atoms with Crippen molar-refractivity contribution in [1.82, 2.24) is 15.5 Å². The molecule has 18 heavy (non-hydrogen) atoms. The third-order valence-corrected chi connectivity index (χ3v) is 2.38.